The van der Waals surface area contributed by atoms with Crippen molar-refractivity contribution in [2.45, 2.75) is 19.3 Å². The van der Waals surface area contributed by atoms with Gasteiger partial charge >= 0.3 is 0 Å². The number of hydrogen-bond acceptors (Lipinski definition) is 1. The highest BCUT2D eigenvalue weighted by Crippen LogP contribution is 2.32. The second kappa shape index (κ2) is 1.94. The lowest BCUT2D eigenvalue weighted by Gasteiger charge is -1.75. The molecule has 0 radical (unpaired) electrons. The van der Waals surface area contributed by atoms with Crippen molar-refractivity contribution in [1.82, 2.24) is 0 Å². The van der Waals surface area contributed by atoms with E-state index in [0.29, 0.717) is 0 Å². The number of allylic oxidation sites excluding steroid dienone is 1. The molecule has 0 spiro atoms. The molecule has 1 fully saturated rings. The summed E-state index contributed by atoms with van der Waals surface area (Å²) in [5.74, 6) is 2.60. The first-order valence-electron chi connectivity index (χ1n) is 2.63. The molecule has 0 atom stereocenters. The molecule has 0 aromatic heterocycles. The van der Waals surface area contributed by atoms with E-state index in [1.807, 2.05) is 0 Å². The van der Waals surface area contributed by atoms with Crippen molar-refractivity contribution in [3.05, 3.63) is 6.08 Å². The fourth-order valence-electron chi connectivity index (χ4n) is 0.568. The summed E-state index contributed by atoms with van der Waals surface area (Å²) in [5.41, 5.74) is 0. The van der Waals surface area contributed by atoms with Crippen LogP contribution >= 0.6 is 0 Å². The summed E-state index contributed by atoms with van der Waals surface area (Å²) in [6.45, 7) is 0. The van der Waals surface area contributed by atoms with Gasteiger partial charge in [-0.1, -0.05) is 0 Å². The predicted molar refractivity (Wildman–Crippen MR) is 27.6 cm³/mol. The molecular formula is C6H8O. The summed E-state index contributed by atoms with van der Waals surface area (Å²) >= 11 is 0. The van der Waals surface area contributed by atoms with Crippen molar-refractivity contribution in [2.24, 2.45) is 5.92 Å². The molecular weight excluding hydrogens is 88.1 g/mol. The Bertz CT molecular complexity index is 96.7. The Balaban J connectivity index is 2.09. The topological polar surface area (TPSA) is 17.1 Å². The molecule has 1 aliphatic carbocycles. The van der Waals surface area contributed by atoms with E-state index in [1.54, 1.807) is 12.0 Å². The summed E-state index contributed by atoms with van der Waals surface area (Å²) in [6.07, 6.45) is 5.18. The zero-order valence-corrected chi connectivity index (χ0v) is 4.18. The van der Waals surface area contributed by atoms with E-state index >= 15 is 0 Å². The van der Waals surface area contributed by atoms with Crippen LogP contribution in [-0.2, 0) is 4.79 Å². The van der Waals surface area contributed by atoms with Crippen LogP contribution < -0.4 is 0 Å². The molecule has 0 unspecified atom stereocenters. The maximum absolute atomic E-state index is 9.56. The molecule has 38 valence electrons. The minimum Gasteiger partial charge on any atom is -0.234 e. The van der Waals surface area contributed by atoms with E-state index in [0.717, 1.165) is 12.3 Å². The van der Waals surface area contributed by atoms with Gasteiger partial charge in [-0.15, -0.1) is 0 Å². The van der Waals surface area contributed by atoms with E-state index in [9.17, 15) is 4.79 Å². The summed E-state index contributed by atoms with van der Waals surface area (Å²) < 4.78 is 0. The van der Waals surface area contributed by atoms with Gasteiger partial charge in [0.2, 0.25) is 0 Å². The van der Waals surface area contributed by atoms with Crippen LogP contribution in [0.15, 0.2) is 6.08 Å². The smallest absolute Gasteiger partial charge is 0.120 e. The molecule has 0 aliphatic heterocycles. The molecule has 1 heteroatoms. The van der Waals surface area contributed by atoms with Crippen LogP contribution in [0.1, 0.15) is 19.3 Å². The van der Waals surface area contributed by atoms with Crippen molar-refractivity contribution in [3.8, 4) is 0 Å². The summed E-state index contributed by atoms with van der Waals surface area (Å²) in [6, 6.07) is 0. The van der Waals surface area contributed by atoms with Crippen LogP contribution in [0.3, 0.4) is 0 Å². The van der Waals surface area contributed by atoms with Gasteiger partial charge in [-0.2, -0.15) is 0 Å². The monoisotopic (exact) mass is 96.1 g/mol. The Labute approximate surface area is 43.0 Å². The van der Waals surface area contributed by atoms with Gasteiger partial charge in [0, 0.05) is 6.08 Å². The van der Waals surface area contributed by atoms with Crippen molar-refractivity contribution in [1.29, 1.82) is 0 Å². The largest absolute Gasteiger partial charge is 0.234 e. The van der Waals surface area contributed by atoms with Crippen LogP contribution in [0.4, 0.5) is 0 Å². The van der Waals surface area contributed by atoms with Crippen LogP contribution in [0.5, 0.6) is 0 Å². The van der Waals surface area contributed by atoms with Gasteiger partial charge < -0.3 is 0 Å². The third-order valence-electron chi connectivity index (χ3n) is 1.23. The summed E-state index contributed by atoms with van der Waals surface area (Å²) in [5, 5.41) is 0. The third-order valence-corrected chi connectivity index (χ3v) is 1.23. The predicted octanol–water partition coefficient (Wildman–Crippen LogP) is 1.17. The highest BCUT2D eigenvalue weighted by atomic mass is 16.1. The van der Waals surface area contributed by atoms with Crippen LogP contribution in [0, 0.1) is 5.92 Å². The molecule has 0 bridgehead atoms. The molecule has 1 nitrogen and oxygen atoms in total. The van der Waals surface area contributed by atoms with Crippen LogP contribution in [-0.4, -0.2) is 5.94 Å². The third kappa shape index (κ3) is 1.56. The average Bonchev–Trinajstić information content (AvgIpc) is 2.42. The van der Waals surface area contributed by atoms with Crippen molar-refractivity contribution >= 4 is 5.94 Å². The lowest BCUT2D eigenvalue weighted by atomic mass is 10.3. The maximum Gasteiger partial charge on any atom is 0.120 e. The highest BCUT2D eigenvalue weighted by Gasteiger charge is 2.18. The first-order chi connectivity index (χ1) is 3.43. The Morgan fingerprint density at radius 3 is 2.86 bits per heavy atom. The van der Waals surface area contributed by atoms with E-state index in [-0.39, 0.29) is 0 Å². The van der Waals surface area contributed by atoms with Gasteiger partial charge in [0.15, 0.2) is 0 Å². The quantitative estimate of drug-likeness (QED) is 0.472. The average molecular weight is 96.1 g/mol. The Hall–Kier alpha value is -0.550. The zero-order valence-electron chi connectivity index (χ0n) is 4.18. The highest BCUT2D eigenvalue weighted by molar-refractivity contribution is 5.44. The second-order valence-corrected chi connectivity index (χ2v) is 2.00. The van der Waals surface area contributed by atoms with Gasteiger partial charge in [0.05, 0.1) is 0 Å². The van der Waals surface area contributed by atoms with E-state index in [2.05, 4.69) is 0 Å². The lowest BCUT2D eigenvalue weighted by molar-refractivity contribution is 0.567. The molecule has 1 rings (SSSR count). The number of hydrogen-bond donors (Lipinski definition) is 0. The summed E-state index contributed by atoms with van der Waals surface area (Å²) in [4.78, 5) is 9.56. The molecule has 0 amide bonds. The fraction of sp³-hybridized carbons (Fsp3) is 0.667. The van der Waals surface area contributed by atoms with Gasteiger partial charge in [0.25, 0.3) is 0 Å². The second-order valence-electron chi connectivity index (χ2n) is 2.00. The normalized spacial score (nSPS) is 18.3. The van der Waals surface area contributed by atoms with Gasteiger partial charge in [-0.3, -0.25) is 0 Å². The molecule has 0 heterocycles. The maximum atomic E-state index is 9.56. The fourth-order valence-corrected chi connectivity index (χ4v) is 0.568. The Morgan fingerprint density at radius 2 is 2.43 bits per heavy atom. The van der Waals surface area contributed by atoms with Gasteiger partial charge in [-0.05, 0) is 25.2 Å². The SMILES string of the molecule is O=C=CCC1CC1. The van der Waals surface area contributed by atoms with Crippen LogP contribution in [0.25, 0.3) is 0 Å². The molecule has 1 saturated carbocycles. The first-order valence-corrected chi connectivity index (χ1v) is 2.63. The molecule has 7 heavy (non-hydrogen) atoms. The zero-order chi connectivity index (χ0) is 5.11. The van der Waals surface area contributed by atoms with Gasteiger partial charge in [-0.25, -0.2) is 4.79 Å². The summed E-state index contributed by atoms with van der Waals surface area (Å²) in [7, 11) is 0. The molecule has 0 N–H and O–H groups in total. The Kier molecular flexibility index (Phi) is 1.28. The van der Waals surface area contributed by atoms with Crippen molar-refractivity contribution in [2.75, 3.05) is 0 Å². The van der Waals surface area contributed by atoms with Crippen molar-refractivity contribution < 1.29 is 4.79 Å². The molecule has 0 aromatic carbocycles. The minimum absolute atomic E-state index is 0.835. The molecule has 1 aliphatic rings. The van der Waals surface area contributed by atoms with E-state index < -0.39 is 0 Å². The Morgan fingerprint density at radius 1 is 1.71 bits per heavy atom. The lowest BCUT2D eigenvalue weighted by Crippen LogP contribution is -1.66. The van der Waals surface area contributed by atoms with Crippen molar-refractivity contribution in [3.63, 3.8) is 0 Å². The first kappa shape index (κ1) is 4.61. The number of carbonyl (C=O) groups excluding carboxylic acids is 1. The van der Waals surface area contributed by atoms with E-state index in [1.165, 1.54) is 12.8 Å². The standard InChI is InChI=1S/C6H8O/c7-5-1-2-6-3-4-6/h1,6H,2-4H2. The number of rotatable bonds is 2. The minimum atomic E-state index is 0.835. The molecule has 0 saturated heterocycles. The van der Waals surface area contributed by atoms with E-state index in [4.69, 9.17) is 0 Å². The molecule has 0 aromatic rings. The van der Waals surface area contributed by atoms with Crippen LogP contribution in [0.2, 0.25) is 0 Å². The van der Waals surface area contributed by atoms with Gasteiger partial charge in [0.1, 0.15) is 5.94 Å².